The number of hydrogen-bond acceptors (Lipinski definition) is 8. The first-order valence-electron chi connectivity index (χ1n) is 12.2. The summed E-state index contributed by atoms with van der Waals surface area (Å²) >= 11 is 0.886. The highest BCUT2D eigenvalue weighted by Gasteiger charge is 2.48. The van der Waals surface area contributed by atoms with Crippen LogP contribution in [0.2, 0.25) is 0 Å². The molecule has 1 saturated heterocycles. The number of nitrogens with zero attached hydrogens (tertiary/aromatic N) is 2. The number of ether oxygens (including phenoxy) is 2. The fraction of sp³-hybridized carbons (Fsp3) is 0.133. The summed E-state index contributed by atoms with van der Waals surface area (Å²) in [5.41, 5.74) is 0.877. The zero-order valence-electron chi connectivity index (χ0n) is 21.7. The number of amides is 1. The van der Waals surface area contributed by atoms with E-state index < -0.39 is 35.3 Å². The van der Waals surface area contributed by atoms with Crippen LogP contribution < -0.4 is 9.64 Å². The number of Topliss-reactive ketones (excluding diaryl/α,β-unsaturated/α-hetero) is 1. The van der Waals surface area contributed by atoms with E-state index in [9.17, 15) is 23.9 Å². The third-order valence-electron chi connectivity index (χ3n) is 6.40. The smallest absolute Gasteiger partial charge is 0.350 e. The van der Waals surface area contributed by atoms with Crippen molar-refractivity contribution in [3.05, 3.63) is 111 Å². The Morgan fingerprint density at radius 1 is 1.00 bits per heavy atom. The van der Waals surface area contributed by atoms with E-state index in [1.54, 1.807) is 50.2 Å². The van der Waals surface area contributed by atoms with Crippen molar-refractivity contribution >= 4 is 39.9 Å². The van der Waals surface area contributed by atoms with Crippen LogP contribution in [0.25, 0.3) is 5.76 Å². The van der Waals surface area contributed by atoms with Gasteiger partial charge in [0.2, 0.25) is 0 Å². The van der Waals surface area contributed by atoms with Crippen LogP contribution in [0.15, 0.2) is 78.4 Å². The van der Waals surface area contributed by atoms with Gasteiger partial charge in [-0.3, -0.25) is 14.5 Å². The van der Waals surface area contributed by atoms with Crippen molar-refractivity contribution in [1.29, 1.82) is 0 Å². The number of ketones is 1. The third-order valence-corrected chi connectivity index (χ3v) is 7.54. The number of rotatable bonds is 6. The van der Waals surface area contributed by atoms with E-state index in [1.165, 1.54) is 19.2 Å². The van der Waals surface area contributed by atoms with Crippen molar-refractivity contribution in [2.75, 3.05) is 12.0 Å². The van der Waals surface area contributed by atoms with Crippen LogP contribution >= 0.6 is 11.3 Å². The number of para-hydroxylation sites is 1. The molecule has 1 aliphatic heterocycles. The number of hydrogen-bond donors (Lipinski definition) is 1. The number of anilines is 1. The first kappa shape index (κ1) is 26.8. The molecule has 0 spiro atoms. The average Bonchev–Trinajstić information content (AvgIpc) is 3.46. The molecular weight excluding hydrogens is 535 g/mol. The lowest BCUT2D eigenvalue weighted by Gasteiger charge is -2.23. The molecule has 1 aromatic heterocycles. The molecule has 10 heteroatoms. The molecule has 1 amide bonds. The highest BCUT2D eigenvalue weighted by Crippen LogP contribution is 2.44. The first-order valence-corrected chi connectivity index (χ1v) is 13.0. The van der Waals surface area contributed by atoms with E-state index in [1.807, 2.05) is 18.2 Å². The Hall–Kier alpha value is -4.83. The van der Waals surface area contributed by atoms with Crippen molar-refractivity contribution < 1.29 is 33.4 Å². The molecule has 3 aromatic carbocycles. The van der Waals surface area contributed by atoms with Gasteiger partial charge in [0.1, 0.15) is 28.0 Å². The molecule has 4 aromatic rings. The van der Waals surface area contributed by atoms with Crippen LogP contribution in [0.1, 0.15) is 38.1 Å². The Labute approximate surface area is 232 Å². The van der Waals surface area contributed by atoms with Crippen molar-refractivity contribution in [2.45, 2.75) is 19.9 Å². The number of benzene rings is 3. The van der Waals surface area contributed by atoms with Gasteiger partial charge in [-0.1, -0.05) is 53.8 Å². The van der Waals surface area contributed by atoms with Crippen molar-refractivity contribution in [1.82, 2.24) is 4.98 Å². The van der Waals surface area contributed by atoms with Gasteiger partial charge in [0.25, 0.3) is 5.78 Å². The van der Waals surface area contributed by atoms with Crippen LogP contribution in [0.4, 0.5) is 9.52 Å². The van der Waals surface area contributed by atoms with Crippen LogP contribution in [0.5, 0.6) is 11.5 Å². The Kier molecular flexibility index (Phi) is 7.19. The Bertz CT molecular complexity index is 1680. The Morgan fingerprint density at radius 2 is 1.73 bits per heavy atom. The van der Waals surface area contributed by atoms with E-state index in [0.29, 0.717) is 28.3 Å². The highest BCUT2D eigenvalue weighted by molar-refractivity contribution is 7.17. The van der Waals surface area contributed by atoms with Crippen molar-refractivity contribution in [3.63, 3.8) is 0 Å². The van der Waals surface area contributed by atoms with Crippen LogP contribution in [0.3, 0.4) is 0 Å². The van der Waals surface area contributed by atoms with Gasteiger partial charge in [0.05, 0.1) is 24.4 Å². The molecule has 40 heavy (non-hydrogen) atoms. The van der Waals surface area contributed by atoms with Gasteiger partial charge >= 0.3 is 11.9 Å². The molecule has 1 N–H and O–H groups in total. The van der Waals surface area contributed by atoms with Crippen LogP contribution in [0, 0.1) is 19.7 Å². The Morgan fingerprint density at radius 3 is 2.42 bits per heavy atom. The number of methoxy groups -OCH3 is 1. The minimum Gasteiger partial charge on any atom is -0.507 e. The molecular formula is C30H23FN2O6S. The van der Waals surface area contributed by atoms with E-state index in [4.69, 9.17) is 9.47 Å². The lowest BCUT2D eigenvalue weighted by Crippen LogP contribution is -2.29. The van der Waals surface area contributed by atoms with E-state index in [2.05, 4.69) is 4.98 Å². The fourth-order valence-electron chi connectivity index (χ4n) is 4.38. The number of aliphatic hydroxyl groups is 1. The van der Waals surface area contributed by atoms with Crippen LogP contribution in [-0.2, 0) is 14.3 Å². The summed E-state index contributed by atoms with van der Waals surface area (Å²) < 4.78 is 25.2. The second-order valence-electron chi connectivity index (χ2n) is 9.02. The molecule has 0 aliphatic carbocycles. The predicted octanol–water partition coefficient (Wildman–Crippen LogP) is 6.10. The minimum absolute atomic E-state index is 0.0355. The monoisotopic (exact) mass is 558 g/mol. The summed E-state index contributed by atoms with van der Waals surface area (Å²) in [6.45, 7) is 3.15. The molecule has 5 rings (SSSR count). The molecule has 0 saturated carbocycles. The normalized spacial score (nSPS) is 16.3. The van der Waals surface area contributed by atoms with E-state index in [-0.39, 0.29) is 21.1 Å². The highest BCUT2D eigenvalue weighted by atomic mass is 32.1. The third kappa shape index (κ3) is 4.85. The lowest BCUT2D eigenvalue weighted by atomic mass is 9.95. The maximum atomic E-state index is 14.4. The molecule has 2 heterocycles. The van der Waals surface area contributed by atoms with Crippen molar-refractivity contribution in [2.24, 2.45) is 0 Å². The number of carbonyl (C=O) groups is 3. The topological polar surface area (TPSA) is 106 Å². The SMILES string of the molecule is COC(=O)c1sc(N2C(=O)C(=O)C(=C(O)c3ccc(C)c(F)c3)[C@@H]2c2cccc(Oc3ccccc3)c2)nc1C. The van der Waals surface area contributed by atoms with Crippen LogP contribution in [-0.4, -0.2) is 34.9 Å². The summed E-state index contributed by atoms with van der Waals surface area (Å²) in [6, 6.07) is 18.6. The molecule has 1 fully saturated rings. The maximum absolute atomic E-state index is 14.4. The zero-order chi connectivity index (χ0) is 28.6. The minimum atomic E-state index is -1.15. The summed E-state index contributed by atoms with van der Waals surface area (Å²) in [6.07, 6.45) is 0. The number of aromatic nitrogens is 1. The molecule has 8 nitrogen and oxygen atoms in total. The zero-order valence-corrected chi connectivity index (χ0v) is 22.5. The summed E-state index contributed by atoms with van der Waals surface area (Å²) in [5.74, 6) is -2.71. The van der Waals surface area contributed by atoms with Crippen molar-refractivity contribution in [3.8, 4) is 11.5 Å². The van der Waals surface area contributed by atoms with Gasteiger partial charge in [0.15, 0.2) is 5.13 Å². The molecule has 0 radical (unpaired) electrons. The molecule has 1 aliphatic rings. The van der Waals surface area contributed by atoms with Gasteiger partial charge in [-0.25, -0.2) is 14.2 Å². The molecule has 1 atom stereocenters. The number of carbonyl (C=O) groups excluding carboxylic acids is 3. The lowest BCUT2D eigenvalue weighted by molar-refractivity contribution is -0.132. The van der Waals surface area contributed by atoms with Gasteiger partial charge in [-0.2, -0.15) is 0 Å². The average molecular weight is 559 g/mol. The molecule has 202 valence electrons. The number of aryl methyl sites for hydroxylation is 2. The molecule has 0 bridgehead atoms. The number of thiazole rings is 1. The summed E-state index contributed by atoms with van der Waals surface area (Å²) in [4.78, 5) is 44.9. The number of esters is 1. The summed E-state index contributed by atoms with van der Waals surface area (Å²) in [7, 11) is 1.23. The predicted molar refractivity (Wildman–Crippen MR) is 147 cm³/mol. The molecule has 0 unspecified atom stereocenters. The van der Waals surface area contributed by atoms with E-state index in [0.717, 1.165) is 22.3 Å². The van der Waals surface area contributed by atoms with Gasteiger partial charge in [-0.15, -0.1) is 0 Å². The van der Waals surface area contributed by atoms with Gasteiger partial charge < -0.3 is 14.6 Å². The van der Waals surface area contributed by atoms with Gasteiger partial charge in [0, 0.05) is 5.56 Å². The number of halogens is 1. The maximum Gasteiger partial charge on any atom is 0.350 e. The Balaban J connectivity index is 1.69. The quantitative estimate of drug-likeness (QED) is 0.132. The number of aliphatic hydroxyl groups excluding tert-OH is 1. The second kappa shape index (κ2) is 10.7. The largest absolute Gasteiger partial charge is 0.507 e. The second-order valence-corrected chi connectivity index (χ2v) is 10.0. The standard InChI is InChI=1S/C30H23FN2O6S/c1-16-12-13-19(15-22(16)31)25(34)23-24(18-8-7-11-21(14-18)39-20-9-5-4-6-10-20)33(28(36)26(23)35)30-32-17(2)27(40-30)29(37)38-3/h4-15,24,34H,1-3H3/t24-/m0/s1. The first-order chi connectivity index (χ1) is 19.2. The van der Waals surface area contributed by atoms with E-state index >= 15 is 0 Å². The van der Waals surface area contributed by atoms with Gasteiger partial charge in [-0.05, 0) is 55.3 Å². The fourth-order valence-corrected chi connectivity index (χ4v) is 5.39. The summed E-state index contributed by atoms with van der Waals surface area (Å²) in [5, 5.41) is 11.4.